The van der Waals surface area contributed by atoms with Crippen molar-refractivity contribution in [3.63, 3.8) is 0 Å². The molecule has 0 bridgehead atoms. The summed E-state index contributed by atoms with van der Waals surface area (Å²) in [7, 11) is 0. The minimum Gasteiger partial charge on any atom is -0.444 e. The Bertz CT molecular complexity index is 404. The van der Waals surface area contributed by atoms with E-state index in [-0.39, 0.29) is 10.8 Å². The van der Waals surface area contributed by atoms with Crippen LogP contribution >= 0.6 is 11.6 Å². The molecule has 6 heteroatoms. The minimum absolute atomic E-state index is 0.0206. The smallest absolute Gasteiger partial charge is 0.412 e. The van der Waals surface area contributed by atoms with Crippen LogP contribution in [0.2, 0.25) is 5.15 Å². The number of halogens is 2. The maximum absolute atomic E-state index is 13.2. The Morgan fingerprint density at radius 3 is 2.69 bits per heavy atom. The van der Waals surface area contributed by atoms with Crippen LogP contribution in [0, 0.1) is 5.82 Å². The summed E-state index contributed by atoms with van der Waals surface area (Å²) in [6.45, 7) is 5.13. The Labute approximate surface area is 97.8 Å². The average molecular weight is 247 g/mol. The molecule has 0 unspecified atom stereocenters. The summed E-state index contributed by atoms with van der Waals surface area (Å²) in [6, 6.07) is 1.01. The molecule has 4 nitrogen and oxygen atoms in total. The molecule has 1 aromatic heterocycles. The highest BCUT2D eigenvalue weighted by molar-refractivity contribution is 6.29. The van der Waals surface area contributed by atoms with Crippen molar-refractivity contribution in [1.82, 2.24) is 4.98 Å². The first-order valence-corrected chi connectivity index (χ1v) is 4.97. The fourth-order valence-electron chi connectivity index (χ4n) is 0.913. The predicted molar refractivity (Wildman–Crippen MR) is 59.1 cm³/mol. The molecule has 88 valence electrons. The van der Waals surface area contributed by atoms with Crippen LogP contribution in [0.4, 0.5) is 14.9 Å². The van der Waals surface area contributed by atoms with E-state index < -0.39 is 17.5 Å². The summed E-state index contributed by atoms with van der Waals surface area (Å²) in [5.74, 6) is -0.661. The van der Waals surface area contributed by atoms with Crippen molar-refractivity contribution < 1.29 is 13.9 Å². The normalized spacial score (nSPS) is 11.1. The topological polar surface area (TPSA) is 51.2 Å². The number of hydrogen-bond donors (Lipinski definition) is 1. The van der Waals surface area contributed by atoms with Crippen LogP contribution in [0.25, 0.3) is 0 Å². The third-order valence-electron chi connectivity index (χ3n) is 1.46. The molecule has 1 amide bonds. The lowest BCUT2D eigenvalue weighted by Gasteiger charge is -2.19. The van der Waals surface area contributed by atoms with E-state index in [0.29, 0.717) is 0 Å². The first kappa shape index (κ1) is 12.7. The molecule has 16 heavy (non-hydrogen) atoms. The fourth-order valence-corrected chi connectivity index (χ4v) is 1.06. The van der Waals surface area contributed by atoms with Crippen LogP contribution in [0.15, 0.2) is 12.3 Å². The second-order valence-corrected chi connectivity index (χ2v) is 4.50. The van der Waals surface area contributed by atoms with Crippen LogP contribution in [0.3, 0.4) is 0 Å². The number of carbonyl (C=O) groups excluding carboxylic acids is 1. The van der Waals surface area contributed by atoms with Gasteiger partial charge in [-0.15, -0.1) is 0 Å². The van der Waals surface area contributed by atoms with Crippen molar-refractivity contribution in [3.8, 4) is 0 Å². The zero-order valence-electron chi connectivity index (χ0n) is 9.17. The molecule has 0 fully saturated rings. The number of hydrogen-bond acceptors (Lipinski definition) is 3. The lowest BCUT2D eigenvalue weighted by atomic mass is 10.2. The third-order valence-corrected chi connectivity index (χ3v) is 1.66. The quantitative estimate of drug-likeness (QED) is 0.774. The molecular formula is C10H12ClFN2O2. The van der Waals surface area contributed by atoms with Crippen molar-refractivity contribution >= 4 is 23.4 Å². The van der Waals surface area contributed by atoms with Gasteiger partial charge in [-0.3, -0.25) is 5.32 Å². The number of nitrogens with one attached hydrogen (secondary N) is 1. The van der Waals surface area contributed by atoms with Gasteiger partial charge in [-0.05, 0) is 20.8 Å². The standard InChI is InChI=1S/C10H12ClFN2O2/c1-10(2,3)16-9(15)14-7-5-13-8(11)4-6(7)12/h4-5H,1-3H3,(H,14,15). The Morgan fingerprint density at radius 1 is 1.56 bits per heavy atom. The van der Waals surface area contributed by atoms with E-state index in [1.54, 1.807) is 20.8 Å². The number of nitrogens with zero attached hydrogens (tertiary/aromatic N) is 1. The van der Waals surface area contributed by atoms with Crippen molar-refractivity contribution in [2.75, 3.05) is 5.32 Å². The number of ether oxygens (including phenoxy) is 1. The maximum Gasteiger partial charge on any atom is 0.412 e. The highest BCUT2D eigenvalue weighted by Gasteiger charge is 2.17. The molecule has 0 radical (unpaired) electrons. The summed E-state index contributed by atoms with van der Waals surface area (Å²) in [5, 5.41) is 2.26. The number of aromatic nitrogens is 1. The van der Waals surface area contributed by atoms with Crippen molar-refractivity contribution in [2.24, 2.45) is 0 Å². The molecule has 0 saturated heterocycles. The first-order valence-electron chi connectivity index (χ1n) is 4.59. The highest BCUT2D eigenvalue weighted by atomic mass is 35.5. The Hall–Kier alpha value is -1.36. The van der Waals surface area contributed by atoms with Gasteiger partial charge in [0.1, 0.15) is 10.8 Å². The van der Waals surface area contributed by atoms with Crippen molar-refractivity contribution in [1.29, 1.82) is 0 Å². The van der Waals surface area contributed by atoms with Crippen LogP contribution < -0.4 is 5.32 Å². The summed E-state index contributed by atoms with van der Waals surface area (Å²) < 4.78 is 18.2. The molecule has 0 saturated carbocycles. The number of amides is 1. The maximum atomic E-state index is 13.2. The van der Waals surface area contributed by atoms with Gasteiger partial charge in [-0.25, -0.2) is 14.2 Å². The van der Waals surface area contributed by atoms with Crippen molar-refractivity contribution in [2.45, 2.75) is 26.4 Å². The summed E-state index contributed by atoms with van der Waals surface area (Å²) >= 11 is 5.46. The molecule has 1 aromatic rings. The summed E-state index contributed by atoms with van der Waals surface area (Å²) in [5.41, 5.74) is -0.709. The first-order chi connectivity index (χ1) is 7.28. The Balaban J connectivity index is 2.70. The molecule has 0 aromatic carbocycles. The van der Waals surface area contributed by atoms with Crippen LogP contribution in [-0.2, 0) is 4.74 Å². The number of carbonyl (C=O) groups is 1. The third kappa shape index (κ3) is 4.02. The van der Waals surface area contributed by atoms with Gasteiger partial charge in [-0.2, -0.15) is 0 Å². The van der Waals surface area contributed by atoms with E-state index in [0.717, 1.165) is 12.3 Å². The Kier molecular flexibility index (Phi) is 3.70. The number of anilines is 1. The monoisotopic (exact) mass is 246 g/mol. The highest BCUT2D eigenvalue weighted by Crippen LogP contribution is 2.17. The van der Waals surface area contributed by atoms with Gasteiger partial charge >= 0.3 is 6.09 Å². The van der Waals surface area contributed by atoms with Gasteiger partial charge in [0.15, 0.2) is 5.82 Å². The molecule has 0 aliphatic rings. The lowest BCUT2D eigenvalue weighted by molar-refractivity contribution is 0.0635. The van der Waals surface area contributed by atoms with Crippen LogP contribution in [-0.4, -0.2) is 16.7 Å². The minimum atomic E-state index is -0.740. The predicted octanol–water partition coefficient (Wildman–Crippen LogP) is 3.22. The zero-order chi connectivity index (χ0) is 12.3. The second kappa shape index (κ2) is 4.65. The second-order valence-electron chi connectivity index (χ2n) is 4.11. The molecule has 0 aliphatic heterocycles. The average Bonchev–Trinajstić information content (AvgIpc) is 2.06. The zero-order valence-corrected chi connectivity index (χ0v) is 9.93. The van der Waals surface area contributed by atoms with E-state index >= 15 is 0 Å². The Morgan fingerprint density at radius 2 is 2.19 bits per heavy atom. The van der Waals surface area contributed by atoms with Gasteiger partial charge in [0.2, 0.25) is 0 Å². The SMILES string of the molecule is CC(C)(C)OC(=O)Nc1cnc(Cl)cc1F. The van der Waals surface area contributed by atoms with E-state index in [1.165, 1.54) is 0 Å². The molecule has 0 atom stereocenters. The molecule has 1 N–H and O–H groups in total. The largest absolute Gasteiger partial charge is 0.444 e. The van der Waals surface area contributed by atoms with Gasteiger partial charge in [0.25, 0.3) is 0 Å². The van der Waals surface area contributed by atoms with Gasteiger partial charge in [0, 0.05) is 6.07 Å². The number of pyridine rings is 1. The fraction of sp³-hybridized carbons (Fsp3) is 0.400. The number of rotatable bonds is 1. The molecule has 0 aliphatic carbocycles. The van der Waals surface area contributed by atoms with E-state index in [4.69, 9.17) is 16.3 Å². The van der Waals surface area contributed by atoms with Crippen LogP contribution in [0.5, 0.6) is 0 Å². The van der Waals surface area contributed by atoms with E-state index in [1.807, 2.05) is 0 Å². The van der Waals surface area contributed by atoms with Crippen LogP contribution in [0.1, 0.15) is 20.8 Å². The summed E-state index contributed by atoms with van der Waals surface area (Å²) in [4.78, 5) is 14.9. The lowest BCUT2D eigenvalue weighted by Crippen LogP contribution is -2.27. The van der Waals surface area contributed by atoms with Gasteiger partial charge in [-0.1, -0.05) is 11.6 Å². The van der Waals surface area contributed by atoms with Gasteiger partial charge in [0.05, 0.1) is 11.9 Å². The molecule has 0 spiro atoms. The van der Waals surface area contributed by atoms with E-state index in [9.17, 15) is 9.18 Å². The molecule has 1 rings (SSSR count). The molecule has 1 heterocycles. The van der Waals surface area contributed by atoms with Crippen molar-refractivity contribution in [3.05, 3.63) is 23.2 Å². The molecular weight excluding hydrogens is 235 g/mol. The van der Waals surface area contributed by atoms with Gasteiger partial charge < -0.3 is 4.74 Å². The summed E-state index contributed by atoms with van der Waals surface area (Å²) in [6.07, 6.45) is 0.386. The van der Waals surface area contributed by atoms with E-state index in [2.05, 4.69) is 10.3 Å².